The lowest BCUT2D eigenvalue weighted by atomic mass is 10.2. The summed E-state index contributed by atoms with van der Waals surface area (Å²) < 4.78 is 13.4. The molecule has 1 nitrogen and oxygen atoms in total. The van der Waals surface area contributed by atoms with Gasteiger partial charge in [0.2, 0.25) is 0 Å². The number of hydrogen-bond acceptors (Lipinski definition) is 2. The molecule has 0 saturated heterocycles. The molecule has 0 bridgehead atoms. The molecule has 1 N–H and O–H groups in total. The molecule has 0 aliphatic rings. The summed E-state index contributed by atoms with van der Waals surface area (Å²) in [6.07, 6.45) is 0. The van der Waals surface area contributed by atoms with E-state index in [1.807, 2.05) is 30.3 Å². The van der Waals surface area contributed by atoms with Crippen LogP contribution in [0.4, 0.5) is 4.39 Å². The van der Waals surface area contributed by atoms with Crippen LogP contribution >= 0.6 is 11.8 Å². The fraction of sp³-hybridized carbons (Fsp3) is 0.143. The van der Waals surface area contributed by atoms with E-state index in [-0.39, 0.29) is 12.4 Å². The summed E-state index contributed by atoms with van der Waals surface area (Å²) in [4.78, 5) is 0.665. The van der Waals surface area contributed by atoms with Gasteiger partial charge >= 0.3 is 0 Å². The zero-order chi connectivity index (χ0) is 12.1. The fourth-order valence-electron chi connectivity index (χ4n) is 1.46. The van der Waals surface area contributed by atoms with Gasteiger partial charge in [-0.25, -0.2) is 4.39 Å². The van der Waals surface area contributed by atoms with Crippen molar-refractivity contribution in [2.45, 2.75) is 17.3 Å². The lowest BCUT2D eigenvalue weighted by molar-refractivity contribution is 0.282. The van der Waals surface area contributed by atoms with E-state index >= 15 is 0 Å². The van der Waals surface area contributed by atoms with Crippen molar-refractivity contribution in [1.82, 2.24) is 0 Å². The number of aliphatic hydroxyl groups excluding tert-OH is 1. The second kappa shape index (κ2) is 5.84. The molecule has 0 aliphatic heterocycles. The van der Waals surface area contributed by atoms with Crippen molar-refractivity contribution in [3.05, 3.63) is 65.5 Å². The highest BCUT2D eigenvalue weighted by Crippen LogP contribution is 2.25. The van der Waals surface area contributed by atoms with Gasteiger partial charge in [0, 0.05) is 10.6 Å². The Labute approximate surface area is 104 Å². The van der Waals surface area contributed by atoms with Crippen molar-refractivity contribution >= 4 is 11.8 Å². The third-order valence-corrected chi connectivity index (χ3v) is 3.56. The molecule has 88 valence electrons. The molecule has 0 aromatic heterocycles. The van der Waals surface area contributed by atoms with Crippen LogP contribution in [0.5, 0.6) is 0 Å². The van der Waals surface area contributed by atoms with E-state index < -0.39 is 0 Å². The summed E-state index contributed by atoms with van der Waals surface area (Å²) in [6, 6.07) is 14.5. The van der Waals surface area contributed by atoms with Gasteiger partial charge in [0.25, 0.3) is 0 Å². The molecule has 2 rings (SSSR count). The number of thioether (sulfide) groups is 1. The topological polar surface area (TPSA) is 20.2 Å². The molecule has 0 atom stereocenters. The van der Waals surface area contributed by atoms with E-state index in [2.05, 4.69) is 0 Å². The molecule has 0 heterocycles. The fourth-order valence-corrected chi connectivity index (χ4v) is 2.36. The Balaban J connectivity index is 2.00. The second-order valence-corrected chi connectivity index (χ2v) is 4.71. The van der Waals surface area contributed by atoms with Gasteiger partial charge in [-0.05, 0) is 23.3 Å². The number of aliphatic hydroxyl groups is 1. The number of halogens is 1. The minimum Gasteiger partial charge on any atom is -0.392 e. The maximum Gasteiger partial charge on any atom is 0.136 e. The van der Waals surface area contributed by atoms with Crippen molar-refractivity contribution in [1.29, 1.82) is 0 Å². The molecule has 2 aromatic carbocycles. The van der Waals surface area contributed by atoms with Gasteiger partial charge in [0.15, 0.2) is 0 Å². The Kier molecular flexibility index (Phi) is 4.18. The maximum atomic E-state index is 13.4. The zero-order valence-electron chi connectivity index (χ0n) is 9.27. The molecule has 0 fully saturated rings. The molecule has 3 heteroatoms. The van der Waals surface area contributed by atoms with Gasteiger partial charge in [0.1, 0.15) is 5.82 Å². The Morgan fingerprint density at radius 1 is 0.941 bits per heavy atom. The van der Waals surface area contributed by atoms with Gasteiger partial charge in [-0.15, -0.1) is 11.8 Å². The van der Waals surface area contributed by atoms with Crippen LogP contribution in [0.1, 0.15) is 11.1 Å². The minimum absolute atomic E-state index is 0.0563. The molecule has 0 unspecified atom stereocenters. The van der Waals surface area contributed by atoms with E-state index in [4.69, 9.17) is 5.11 Å². The van der Waals surface area contributed by atoms with Crippen LogP contribution in [0.3, 0.4) is 0 Å². The van der Waals surface area contributed by atoms with Crippen molar-refractivity contribution < 1.29 is 9.50 Å². The third kappa shape index (κ3) is 3.32. The summed E-state index contributed by atoms with van der Waals surface area (Å²) in [6.45, 7) is 0.0563. The second-order valence-electron chi connectivity index (χ2n) is 3.69. The summed E-state index contributed by atoms with van der Waals surface area (Å²) >= 11 is 1.48. The van der Waals surface area contributed by atoms with Crippen LogP contribution in [0.25, 0.3) is 0 Å². The highest BCUT2D eigenvalue weighted by molar-refractivity contribution is 7.98. The maximum absolute atomic E-state index is 13.4. The molecular weight excluding hydrogens is 235 g/mol. The van der Waals surface area contributed by atoms with E-state index in [0.29, 0.717) is 4.90 Å². The summed E-state index contributed by atoms with van der Waals surface area (Å²) in [5.74, 6) is 0.552. The number of benzene rings is 2. The molecule has 0 spiro atoms. The van der Waals surface area contributed by atoms with Crippen LogP contribution in [-0.2, 0) is 12.4 Å². The molecular formula is C14H13FOS. The van der Waals surface area contributed by atoms with E-state index in [1.54, 1.807) is 12.1 Å². The first-order valence-corrected chi connectivity index (χ1v) is 6.34. The average Bonchev–Trinajstić information content (AvgIpc) is 2.38. The lowest BCUT2D eigenvalue weighted by Gasteiger charge is -2.04. The van der Waals surface area contributed by atoms with Gasteiger partial charge in [-0.3, -0.25) is 0 Å². The largest absolute Gasteiger partial charge is 0.392 e. The van der Waals surface area contributed by atoms with Crippen LogP contribution in [0.15, 0.2) is 53.4 Å². The Morgan fingerprint density at radius 2 is 1.59 bits per heavy atom. The average molecular weight is 248 g/mol. The Morgan fingerprint density at radius 3 is 2.24 bits per heavy atom. The van der Waals surface area contributed by atoms with Crippen LogP contribution < -0.4 is 0 Å². The quantitative estimate of drug-likeness (QED) is 0.834. The van der Waals surface area contributed by atoms with Crippen molar-refractivity contribution in [3.63, 3.8) is 0 Å². The van der Waals surface area contributed by atoms with Crippen molar-refractivity contribution in [2.24, 2.45) is 0 Å². The van der Waals surface area contributed by atoms with Gasteiger partial charge in [-0.1, -0.05) is 36.4 Å². The van der Waals surface area contributed by atoms with Gasteiger partial charge in [-0.2, -0.15) is 0 Å². The van der Waals surface area contributed by atoms with Crippen molar-refractivity contribution in [2.75, 3.05) is 0 Å². The van der Waals surface area contributed by atoms with Gasteiger partial charge < -0.3 is 5.11 Å². The molecule has 0 amide bonds. The first-order valence-electron chi connectivity index (χ1n) is 5.35. The predicted octanol–water partition coefficient (Wildman–Crippen LogP) is 3.61. The Hall–Kier alpha value is -1.32. The van der Waals surface area contributed by atoms with Crippen molar-refractivity contribution in [3.8, 4) is 0 Å². The molecule has 17 heavy (non-hydrogen) atoms. The molecule has 0 saturated carbocycles. The zero-order valence-corrected chi connectivity index (χ0v) is 10.1. The van der Waals surface area contributed by atoms with Gasteiger partial charge in [0.05, 0.1) is 6.61 Å². The SMILES string of the molecule is OCc1ccc(CSc2ccccc2F)cc1. The normalized spacial score (nSPS) is 10.5. The summed E-state index contributed by atoms with van der Waals surface area (Å²) in [5, 5.41) is 8.92. The Bertz CT molecular complexity index is 482. The van der Waals surface area contributed by atoms with E-state index in [1.165, 1.54) is 17.8 Å². The molecule has 0 aliphatic carbocycles. The first kappa shape index (κ1) is 12.1. The first-order chi connectivity index (χ1) is 8.29. The lowest BCUT2D eigenvalue weighted by Crippen LogP contribution is -1.86. The summed E-state index contributed by atoms with van der Waals surface area (Å²) in [5.41, 5.74) is 2.01. The predicted molar refractivity (Wildman–Crippen MR) is 68.3 cm³/mol. The standard InChI is InChI=1S/C14H13FOS/c15-13-3-1-2-4-14(13)17-10-12-7-5-11(9-16)6-8-12/h1-8,16H,9-10H2. The molecule has 2 aromatic rings. The number of rotatable bonds is 4. The van der Waals surface area contributed by atoms with Crippen LogP contribution in [0.2, 0.25) is 0 Å². The van der Waals surface area contributed by atoms with E-state index in [0.717, 1.165) is 16.9 Å². The summed E-state index contributed by atoms with van der Waals surface area (Å²) in [7, 11) is 0. The monoisotopic (exact) mass is 248 g/mol. The smallest absolute Gasteiger partial charge is 0.136 e. The third-order valence-electron chi connectivity index (χ3n) is 2.44. The minimum atomic E-state index is -0.176. The van der Waals surface area contributed by atoms with Crippen LogP contribution in [0, 0.1) is 5.82 Å². The highest BCUT2D eigenvalue weighted by Gasteiger charge is 2.01. The van der Waals surface area contributed by atoms with E-state index in [9.17, 15) is 4.39 Å². The highest BCUT2D eigenvalue weighted by atomic mass is 32.2. The molecule has 0 radical (unpaired) electrons. The number of hydrogen-bond donors (Lipinski definition) is 1. The van der Waals surface area contributed by atoms with Crippen LogP contribution in [-0.4, -0.2) is 5.11 Å².